The summed E-state index contributed by atoms with van der Waals surface area (Å²) in [5, 5.41) is 16.4. The number of amides is 1. The van der Waals surface area contributed by atoms with Crippen molar-refractivity contribution in [2.45, 2.75) is 19.4 Å². The highest BCUT2D eigenvalue weighted by Crippen LogP contribution is 2.27. The number of nitrogens with zero attached hydrogens (tertiary/aromatic N) is 2. The van der Waals surface area contributed by atoms with E-state index >= 15 is 0 Å². The van der Waals surface area contributed by atoms with Crippen LogP contribution in [0, 0.1) is 0 Å². The van der Waals surface area contributed by atoms with Crippen molar-refractivity contribution in [3.05, 3.63) is 51.2 Å². The maximum Gasteiger partial charge on any atom is 0.248 e. The van der Waals surface area contributed by atoms with Crippen molar-refractivity contribution < 1.29 is 9.90 Å². The number of hydrogen-bond donors (Lipinski definition) is 3. The Kier molecular flexibility index (Phi) is 9.00. The van der Waals surface area contributed by atoms with E-state index in [9.17, 15) is 9.90 Å². The van der Waals surface area contributed by atoms with Gasteiger partial charge in [0.25, 0.3) is 0 Å². The number of anilines is 1. The summed E-state index contributed by atoms with van der Waals surface area (Å²) < 4.78 is 0.640. The topological polar surface area (TPSA) is 77.0 Å². The Morgan fingerprint density at radius 2 is 2.11 bits per heavy atom. The van der Waals surface area contributed by atoms with Crippen molar-refractivity contribution in [1.29, 1.82) is 0 Å². The molecule has 0 saturated heterocycles. The lowest BCUT2D eigenvalue weighted by molar-refractivity contribution is -0.117. The zero-order valence-corrected chi connectivity index (χ0v) is 19.4. The molecular weight excluding hydrogens is 511 g/mol. The molecule has 3 N–H and O–H groups in total. The third kappa shape index (κ3) is 5.82. The van der Waals surface area contributed by atoms with Crippen LogP contribution in [0.2, 0.25) is 4.34 Å². The highest BCUT2D eigenvalue weighted by molar-refractivity contribution is 14.0. The van der Waals surface area contributed by atoms with Gasteiger partial charge in [-0.3, -0.25) is 4.79 Å². The number of carbonyl (C=O) groups excluding carboxylic acids is 1. The number of aliphatic hydroxyl groups is 1. The van der Waals surface area contributed by atoms with E-state index in [0.717, 1.165) is 17.0 Å². The van der Waals surface area contributed by atoms with E-state index < -0.39 is 6.10 Å². The maximum absolute atomic E-state index is 12.6. The number of benzene rings is 1. The summed E-state index contributed by atoms with van der Waals surface area (Å²) in [5.74, 6) is 0.461. The average molecular weight is 535 g/mol. The summed E-state index contributed by atoms with van der Waals surface area (Å²) in [4.78, 5) is 19.5. The van der Waals surface area contributed by atoms with E-state index in [1.54, 1.807) is 17.0 Å². The second-order valence-corrected chi connectivity index (χ2v) is 7.90. The molecule has 1 aromatic heterocycles. The van der Waals surface area contributed by atoms with E-state index in [1.165, 1.54) is 16.9 Å². The number of rotatable bonds is 6. The molecule has 1 amide bonds. The first-order valence-electron chi connectivity index (χ1n) is 8.92. The molecule has 0 radical (unpaired) electrons. The summed E-state index contributed by atoms with van der Waals surface area (Å²) in [5.41, 5.74) is 2.17. The van der Waals surface area contributed by atoms with Gasteiger partial charge in [-0.15, -0.1) is 35.3 Å². The number of para-hydroxylation sites is 1. The number of halogens is 2. The molecule has 0 saturated carbocycles. The normalized spacial score (nSPS) is 14.2. The molecule has 2 heterocycles. The fraction of sp³-hybridized carbons (Fsp3) is 0.368. The van der Waals surface area contributed by atoms with Crippen LogP contribution < -0.4 is 15.5 Å². The Bertz CT molecular complexity index is 830. The molecular formula is C19H24ClIN4O2S. The zero-order valence-electron chi connectivity index (χ0n) is 15.5. The number of carbonyl (C=O) groups is 1. The predicted octanol–water partition coefficient (Wildman–Crippen LogP) is 3.20. The number of thiophene rings is 1. The molecule has 28 heavy (non-hydrogen) atoms. The molecule has 1 aliphatic heterocycles. The lowest BCUT2D eigenvalue weighted by atomic mass is 10.2. The molecule has 1 aliphatic rings. The molecule has 9 heteroatoms. The lowest BCUT2D eigenvalue weighted by Crippen LogP contribution is -2.40. The summed E-state index contributed by atoms with van der Waals surface area (Å²) in [7, 11) is 0. The smallest absolute Gasteiger partial charge is 0.248 e. The minimum atomic E-state index is -0.687. The van der Waals surface area contributed by atoms with Crippen molar-refractivity contribution in [1.82, 2.24) is 10.6 Å². The summed E-state index contributed by atoms with van der Waals surface area (Å²) in [6, 6.07) is 11.5. The Morgan fingerprint density at radius 1 is 1.32 bits per heavy atom. The van der Waals surface area contributed by atoms with Crippen LogP contribution in [0.25, 0.3) is 0 Å². The number of nitrogens with one attached hydrogen (secondary N) is 2. The highest BCUT2D eigenvalue weighted by atomic mass is 127. The third-order valence-electron chi connectivity index (χ3n) is 4.29. The van der Waals surface area contributed by atoms with Crippen molar-refractivity contribution in [3.8, 4) is 0 Å². The first-order valence-corrected chi connectivity index (χ1v) is 10.1. The van der Waals surface area contributed by atoms with E-state index in [2.05, 4.69) is 21.7 Å². The second-order valence-electron chi connectivity index (χ2n) is 6.16. The molecule has 152 valence electrons. The molecule has 0 spiro atoms. The SMILES string of the molecule is CCNC(=NCC(=O)N1CCc2ccccc21)NCC(O)c1ccc(Cl)s1.I. The zero-order chi connectivity index (χ0) is 19.2. The third-order valence-corrected chi connectivity index (χ3v) is 5.62. The van der Waals surface area contributed by atoms with Gasteiger partial charge in [0.2, 0.25) is 5.91 Å². The minimum absolute atomic E-state index is 0. The van der Waals surface area contributed by atoms with Crippen molar-refractivity contribution in [3.63, 3.8) is 0 Å². The van der Waals surface area contributed by atoms with Gasteiger partial charge in [-0.05, 0) is 37.1 Å². The van der Waals surface area contributed by atoms with E-state index in [1.807, 2.05) is 25.1 Å². The number of fused-ring (bicyclic) bond motifs is 1. The second kappa shape index (κ2) is 11.0. The monoisotopic (exact) mass is 534 g/mol. The van der Waals surface area contributed by atoms with Gasteiger partial charge in [-0.2, -0.15) is 0 Å². The van der Waals surface area contributed by atoms with Gasteiger partial charge in [0.05, 0.1) is 4.34 Å². The number of guanidine groups is 1. The van der Waals surface area contributed by atoms with Gasteiger partial charge >= 0.3 is 0 Å². The molecule has 1 atom stereocenters. The summed E-state index contributed by atoms with van der Waals surface area (Å²) in [6.45, 7) is 3.63. The van der Waals surface area contributed by atoms with Crippen LogP contribution in [0.3, 0.4) is 0 Å². The lowest BCUT2D eigenvalue weighted by Gasteiger charge is -2.17. The van der Waals surface area contributed by atoms with Crippen LogP contribution in [-0.2, 0) is 11.2 Å². The van der Waals surface area contributed by atoms with E-state index in [4.69, 9.17) is 11.6 Å². The maximum atomic E-state index is 12.6. The molecule has 3 rings (SSSR count). The molecule has 1 aromatic carbocycles. The largest absolute Gasteiger partial charge is 0.386 e. The van der Waals surface area contributed by atoms with Crippen LogP contribution in [0.4, 0.5) is 5.69 Å². The van der Waals surface area contributed by atoms with Crippen molar-refractivity contribution in [2.75, 3.05) is 31.1 Å². The molecule has 0 aliphatic carbocycles. The van der Waals surface area contributed by atoms with E-state index in [0.29, 0.717) is 23.4 Å². The Balaban J connectivity index is 0.00000280. The minimum Gasteiger partial charge on any atom is -0.386 e. The molecule has 0 bridgehead atoms. The average Bonchev–Trinajstić information content (AvgIpc) is 3.30. The van der Waals surface area contributed by atoms with Gasteiger partial charge in [0, 0.05) is 30.2 Å². The number of aliphatic imine (C=N–C) groups is 1. The van der Waals surface area contributed by atoms with Gasteiger partial charge < -0.3 is 20.6 Å². The van der Waals surface area contributed by atoms with E-state index in [-0.39, 0.29) is 43.0 Å². The first-order chi connectivity index (χ1) is 13.1. The number of hydrogen-bond acceptors (Lipinski definition) is 4. The fourth-order valence-corrected chi connectivity index (χ4v) is 4.02. The van der Waals surface area contributed by atoms with Crippen LogP contribution in [0.5, 0.6) is 0 Å². The number of aliphatic hydroxyl groups excluding tert-OH is 1. The Morgan fingerprint density at radius 3 is 2.82 bits per heavy atom. The van der Waals surface area contributed by atoms with Crippen LogP contribution in [-0.4, -0.2) is 43.2 Å². The fourth-order valence-electron chi connectivity index (χ4n) is 2.97. The van der Waals surface area contributed by atoms with Gasteiger partial charge in [-0.25, -0.2) is 4.99 Å². The predicted molar refractivity (Wildman–Crippen MR) is 126 cm³/mol. The van der Waals surface area contributed by atoms with Gasteiger partial charge in [-0.1, -0.05) is 29.8 Å². The van der Waals surface area contributed by atoms with Gasteiger partial charge in [0.15, 0.2) is 5.96 Å². The molecule has 1 unspecified atom stereocenters. The van der Waals surface area contributed by atoms with Crippen LogP contribution in [0.1, 0.15) is 23.5 Å². The standard InChI is InChI=1S/C19H23ClN4O2S.HI/c1-2-21-19(22-11-15(25)16-7-8-17(20)27-16)23-12-18(26)24-10-9-13-5-3-4-6-14(13)24;/h3-8,15,25H,2,9-12H2,1H3,(H2,21,22,23);1H. The highest BCUT2D eigenvalue weighted by Gasteiger charge is 2.23. The van der Waals surface area contributed by atoms with Crippen molar-refractivity contribution in [2.24, 2.45) is 4.99 Å². The quantitative estimate of drug-likeness (QED) is 0.302. The van der Waals surface area contributed by atoms with Crippen LogP contribution in [0.15, 0.2) is 41.4 Å². The van der Waals surface area contributed by atoms with Gasteiger partial charge in [0.1, 0.15) is 12.6 Å². The first kappa shape index (κ1) is 22.9. The Hall–Kier alpha value is -1.36. The van der Waals surface area contributed by atoms with Crippen LogP contribution >= 0.6 is 46.9 Å². The molecule has 6 nitrogen and oxygen atoms in total. The molecule has 2 aromatic rings. The molecule has 0 fully saturated rings. The summed E-state index contributed by atoms with van der Waals surface area (Å²) >= 11 is 7.25. The van der Waals surface area contributed by atoms with Crippen molar-refractivity contribution >= 4 is 64.5 Å². The summed E-state index contributed by atoms with van der Waals surface area (Å²) in [6.07, 6.45) is 0.187. The Labute approximate surface area is 191 Å².